The molecule has 0 aromatic rings. The number of likely N-dealkylation sites (tertiary alicyclic amines) is 1. The second-order valence-electron chi connectivity index (χ2n) is 4.94. The number of likely N-dealkylation sites (N-methyl/N-ethyl adjacent to an activating group) is 1. The van der Waals surface area contributed by atoms with Gasteiger partial charge in [0, 0.05) is 19.6 Å². The zero-order chi connectivity index (χ0) is 14.3. The van der Waals surface area contributed by atoms with Crippen LogP contribution in [0.5, 0.6) is 0 Å². The summed E-state index contributed by atoms with van der Waals surface area (Å²) in [6.45, 7) is 6.69. The lowest BCUT2D eigenvalue weighted by Gasteiger charge is -2.39. The van der Waals surface area contributed by atoms with Crippen LogP contribution >= 0.6 is 0 Å². The average Bonchev–Trinajstić information content (AvgIpc) is 2.44. The van der Waals surface area contributed by atoms with Crippen molar-refractivity contribution in [3.05, 3.63) is 0 Å². The van der Waals surface area contributed by atoms with Crippen molar-refractivity contribution in [1.82, 2.24) is 20.9 Å². The Morgan fingerprint density at radius 1 is 1.37 bits per heavy atom. The summed E-state index contributed by atoms with van der Waals surface area (Å²) < 4.78 is 0. The lowest BCUT2D eigenvalue weighted by atomic mass is 9.99. The minimum absolute atomic E-state index is 0.234. The molecule has 6 heteroatoms. The minimum atomic E-state index is -0.447. The summed E-state index contributed by atoms with van der Waals surface area (Å²) in [6, 6.07) is -0.350. The molecule has 0 aromatic carbocycles. The Kier molecular flexibility index (Phi) is 6.80. The standard InChI is InChI=1S/C13H26N4O2/c1-4-15-9-11-7-5-6-8-17(11)10(2)12(18)16-13(19)14-3/h10-11,15H,4-9H2,1-3H3,(H2,14,16,18,19). The number of nitrogens with zero attached hydrogens (tertiary/aromatic N) is 1. The molecule has 0 spiro atoms. The molecule has 3 amide bonds. The molecule has 1 saturated heterocycles. The largest absolute Gasteiger partial charge is 0.341 e. The molecular weight excluding hydrogens is 244 g/mol. The van der Waals surface area contributed by atoms with Gasteiger partial charge in [0.25, 0.3) is 0 Å². The third-order valence-corrected chi connectivity index (χ3v) is 3.64. The fourth-order valence-electron chi connectivity index (χ4n) is 2.49. The number of hydrogen-bond acceptors (Lipinski definition) is 4. The molecule has 0 bridgehead atoms. The van der Waals surface area contributed by atoms with E-state index in [0.717, 1.165) is 32.5 Å². The normalized spacial score (nSPS) is 21.7. The number of carbonyl (C=O) groups is 2. The van der Waals surface area contributed by atoms with E-state index in [9.17, 15) is 9.59 Å². The van der Waals surface area contributed by atoms with Gasteiger partial charge < -0.3 is 10.6 Å². The van der Waals surface area contributed by atoms with Gasteiger partial charge in [-0.2, -0.15) is 0 Å². The third-order valence-electron chi connectivity index (χ3n) is 3.64. The predicted molar refractivity (Wildman–Crippen MR) is 74.9 cm³/mol. The van der Waals surface area contributed by atoms with Crippen molar-refractivity contribution in [3.63, 3.8) is 0 Å². The highest BCUT2D eigenvalue weighted by atomic mass is 16.2. The van der Waals surface area contributed by atoms with E-state index < -0.39 is 6.03 Å². The van der Waals surface area contributed by atoms with Crippen LogP contribution in [0.1, 0.15) is 33.1 Å². The van der Waals surface area contributed by atoms with Crippen LogP contribution in [0.2, 0.25) is 0 Å². The van der Waals surface area contributed by atoms with Crippen LogP contribution in [0.4, 0.5) is 4.79 Å². The molecule has 0 aromatic heterocycles. The Morgan fingerprint density at radius 2 is 2.11 bits per heavy atom. The van der Waals surface area contributed by atoms with Crippen molar-refractivity contribution in [2.75, 3.05) is 26.7 Å². The molecule has 110 valence electrons. The highest BCUT2D eigenvalue weighted by Gasteiger charge is 2.30. The molecule has 1 fully saturated rings. The van der Waals surface area contributed by atoms with E-state index in [1.165, 1.54) is 13.5 Å². The van der Waals surface area contributed by atoms with Crippen molar-refractivity contribution in [2.45, 2.75) is 45.2 Å². The third kappa shape index (κ3) is 4.80. The topological polar surface area (TPSA) is 73.5 Å². The van der Waals surface area contributed by atoms with Crippen LogP contribution in [0, 0.1) is 0 Å². The van der Waals surface area contributed by atoms with E-state index in [2.05, 4.69) is 27.8 Å². The summed E-state index contributed by atoms with van der Waals surface area (Å²) in [5.41, 5.74) is 0. The first-order valence-corrected chi connectivity index (χ1v) is 7.09. The fourth-order valence-corrected chi connectivity index (χ4v) is 2.49. The highest BCUT2D eigenvalue weighted by Crippen LogP contribution is 2.19. The van der Waals surface area contributed by atoms with Crippen LogP contribution < -0.4 is 16.0 Å². The lowest BCUT2D eigenvalue weighted by molar-refractivity contribution is -0.126. The van der Waals surface area contributed by atoms with Gasteiger partial charge in [0.15, 0.2) is 0 Å². The molecule has 1 heterocycles. The lowest BCUT2D eigenvalue weighted by Crippen LogP contribution is -2.55. The monoisotopic (exact) mass is 270 g/mol. The summed E-state index contributed by atoms with van der Waals surface area (Å²) in [5.74, 6) is -0.234. The zero-order valence-corrected chi connectivity index (χ0v) is 12.2. The molecule has 3 N–H and O–H groups in total. The number of amides is 3. The Hall–Kier alpha value is -1.14. The molecule has 0 saturated carbocycles. The first-order chi connectivity index (χ1) is 9.10. The van der Waals surface area contributed by atoms with Gasteiger partial charge in [-0.05, 0) is 32.9 Å². The molecule has 19 heavy (non-hydrogen) atoms. The Morgan fingerprint density at radius 3 is 2.74 bits per heavy atom. The smallest absolute Gasteiger partial charge is 0.321 e. The molecule has 0 radical (unpaired) electrons. The SMILES string of the molecule is CCNCC1CCCCN1C(C)C(=O)NC(=O)NC. The van der Waals surface area contributed by atoms with Gasteiger partial charge in [-0.25, -0.2) is 4.79 Å². The first kappa shape index (κ1) is 15.9. The number of urea groups is 1. The van der Waals surface area contributed by atoms with Crippen molar-refractivity contribution in [1.29, 1.82) is 0 Å². The maximum atomic E-state index is 12.0. The summed E-state index contributed by atoms with van der Waals surface area (Å²) in [7, 11) is 1.50. The molecule has 2 unspecified atom stereocenters. The number of rotatable bonds is 5. The van der Waals surface area contributed by atoms with Crippen molar-refractivity contribution >= 4 is 11.9 Å². The van der Waals surface area contributed by atoms with Crippen molar-refractivity contribution in [3.8, 4) is 0 Å². The maximum Gasteiger partial charge on any atom is 0.321 e. The Balaban J connectivity index is 2.57. The van der Waals surface area contributed by atoms with Gasteiger partial charge in [-0.3, -0.25) is 15.0 Å². The number of hydrogen-bond donors (Lipinski definition) is 3. The second-order valence-corrected chi connectivity index (χ2v) is 4.94. The molecular formula is C13H26N4O2. The number of carbonyl (C=O) groups excluding carboxylic acids is 2. The van der Waals surface area contributed by atoms with E-state index in [4.69, 9.17) is 0 Å². The molecule has 1 aliphatic heterocycles. The van der Waals surface area contributed by atoms with Crippen LogP contribution in [0.25, 0.3) is 0 Å². The number of imide groups is 1. The number of nitrogens with one attached hydrogen (secondary N) is 3. The molecule has 1 rings (SSSR count). The van der Waals surface area contributed by atoms with Gasteiger partial charge in [0.05, 0.1) is 6.04 Å². The van der Waals surface area contributed by atoms with Gasteiger partial charge in [0.2, 0.25) is 5.91 Å². The second kappa shape index (κ2) is 8.12. The summed E-state index contributed by atoms with van der Waals surface area (Å²) in [5, 5.41) is 8.09. The van der Waals surface area contributed by atoms with Gasteiger partial charge in [-0.1, -0.05) is 13.3 Å². The van der Waals surface area contributed by atoms with E-state index >= 15 is 0 Å². The van der Waals surface area contributed by atoms with Crippen molar-refractivity contribution < 1.29 is 9.59 Å². The van der Waals surface area contributed by atoms with Crippen molar-refractivity contribution in [2.24, 2.45) is 0 Å². The average molecular weight is 270 g/mol. The molecule has 2 atom stereocenters. The summed E-state index contributed by atoms with van der Waals surface area (Å²) in [6.07, 6.45) is 3.42. The highest BCUT2D eigenvalue weighted by molar-refractivity contribution is 5.96. The van der Waals surface area contributed by atoms with E-state index in [0.29, 0.717) is 6.04 Å². The van der Waals surface area contributed by atoms with E-state index in [1.807, 2.05) is 6.92 Å². The van der Waals surface area contributed by atoms with Crippen LogP contribution in [0.3, 0.4) is 0 Å². The van der Waals surface area contributed by atoms with E-state index in [1.54, 1.807) is 0 Å². The molecule has 6 nitrogen and oxygen atoms in total. The quantitative estimate of drug-likeness (QED) is 0.671. The van der Waals surface area contributed by atoms with Crippen LogP contribution in [-0.4, -0.2) is 55.6 Å². The van der Waals surface area contributed by atoms with Gasteiger partial charge in [0.1, 0.15) is 0 Å². The van der Waals surface area contributed by atoms with Crippen LogP contribution in [0.15, 0.2) is 0 Å². The van der Waals surface area contributed by atoms with Gasteiger partial charge in [-0.15, -0.1) is 0 Å². The Labute approximate surface area is 115 Å². The van der Waals surface area contributed by atoms with Crippen LogP contribution in [-0.2, 0) is 4.79 Å². The Bertz CT molecular complexity index is 309. The zero-order valence-electron chi connectivity index (χ0n) is 12.2. The summed E-state index contributed by atoms with van der Waals surface area (Å²) in [4.78, 5) is 25.4. The maximum absolute atomic E-state index is 12.0. The molecule has 0 aliphatic carbocycles. The minimum Gasteiger partial charge on any atom is -0.341 e. The molecule has 1 aliphatic rings. The fraction of sp³-hybridized carbons (Fsp3) is 0.846. The predicted octanol–water partition coefficient (Wildman–Crippen LogP) is 0.295. The van der Waals surface area contributed by atoms with Gasteiger partial charge >= 0.3 is 6.03 Å². The van der Waals surface area contributed by atoms with E-state index in [-0.39, 0.29) is 11.9 Å². The first-order valence-electron chi connectivity index (χ1n) is 7.09. The summed E-state index contributed by atoms with van der Waals surface area (Å²) >= 11 is 0. The number of piperidine rings is 1.